The van der Waals surface area contributed by atoms with E-state index in [9.17, 15) is 19.4 Å². The minimum absolute atomic E-state index is 0.181. The Labute approximate surface area is 175 Å². The Morgan fingerprint density at radius 1 is 1.30 bits per heavy atom. The molecule has 0 aromatic heterocycles. The lowest BCUT2D eigenvalue weighted by Crippen LogP contribution is -2.53. The Balaban J connectivity index is 1.84. The van der Waals surface area contributed by atoms with Crippen LogP contribution in [0.2, 0.25) is 0 Å². The first-order chi connectivity index (χ1) is 14.1. The summed E-state index contributed by atoms with van der Waals surface area (Å²) in [6.45, 7) is 3.91. The third kappa shape index (κ3) is 5.07. The lowest BCUT2D eigenvalue weighted by Gasteiger charge is -2.35. The molecule has 0 saturated heterocycles. The van der Waals surface area contributed by atoms with E-state index < -0.39 is 19.9 Å². The van der Waals surface area contributed by atoms with E-state index in [1.54, 1.807) is 0 Å². The highest BCUT2D eigenvalue weighted by molar-refractivity contribution is 7.51. The summed E-state index contributed by atoms with van der Waals surface area (Å²) in [5.74, 6) is -0.121. The van der Waals surface area contributed by atoms with Crippen molar-refractivity contribution in [3.63, 3.8) is 0 Å². The van der Waals surface area contributed by atoms with Gasteiger partial charge in [0.2, 0.25) is 6.35 Å². The van der Waals surface area contributed by atoms with Crippen LogP contribution < -0.4 is 15.1 Å². The number of carbonyl (C=O) groups is 1. The van der Waals surface area contributed by atoms with Gasteiger partial charge in [-0.3, -0.25) is 9.36 Å². The zero-order chi connectivity index (χ0) is 22.1. The number of carbonyl (C=O) groups excluding carboxylic acids is 1. The number of fused-ring (bicyclic) bond motifs is 2. The number of hydrogen-bond donors (Lipinski definition) is 3. The molecule has 11 heteroatoms. The molecule has 10 nitrogen and oxygen atoms in total. The molecule has 3 N–H and O–H groups in total. The molecule has 1 aromatic rings. The van der Waals surface area contributed by atoms with Gasteiger partial charge in [-0.25, -0.2) is 9.98 Å². The third-order valence-corrected chi connectivity index (χ3v) is 5.50. The molecular formula is C19H28N5O5P. The van der Waals surface area contributed by atoms with Gasteiger partial charge in [-0.1, -0.05) is 0 Å². The van der Waals surface area contributed by atoms with E-state index in [2.05, 4.69) is 15.3 Å². The summed E-state index contributed by atoms with van der Waals surface area (Å²) in [7, 11) is 0.456. The van der Waals surface area contributed by atoms with Gasteiger partial charge in [0, 0.05) is 33.0 Å². The molecule has 0 fully saturated rings. The molecule has 0 saturated carbocycles. The molecule has 0 spiro atoms. The summed E-state index contributed by atoms with van der Waals surface area (Å²) < 4.78 is 16.1. The molecule has 2 heterocycles. The van der Waals surface area contributed by atoms with E-state index in [1.165, 1.54) is 6.66 Å². The number of aryl methyl sites for hydroxylation is 1. The second-order valence-corrected chi connectivity index (χ2v) is 9.49. The van der Waals surface area contributed by atoms with Crippen molar-refractivity contribution in [2.75, 3.05) is 43.7 Å². The van der Waals surface area contributed by atoms with Crippen LogP contribution in [0.15, 0.2) is 22.1 Å². The maximum absolute atomic E-state index is 12.4. The summed E-state index contributed by atoms with van der Waals surface area (Å²) in [5.41, 5.74) is 3.73. The Morgan fingerprint density at radius 3 is 2.70 bits per heavy atom. The molecule has 30 heavy (non-hydrogen) atoms. The van der Waals surface area contributed by atoms with Crippen LogP contribution in [0.25, 0.3) is 0 Å². The van der Waals surface area contributed by atoms with Crippen molar-refractivity contribution < 1.29 is 23.9 Å². The van der Waals surface area contributed by atoms with Gasteiger partial charge in [0.15, 0.2) is 11.5 Å². The minimum atomic E-state index is -3.46. The van der Waals surface area contributed by atoms with Crippen molar-refractivity contribution in [3.05, 3.63) is 17.7 Å². The molecule has 2 unspecified atom stereocenters. The van der Waals surface area contributed by atoms with Crippen LogP contribution in [-0.2, 0) is 13.9 Å². The van der Waals surface area contributed by atoms with E-state index >= 15 is 0 Å². The van der Waals surface area contributed by atoms with E-state index in [1.807, 2.05) is 43.0 Å². The van der Waals surface area contributed by atoms with Crippen LogP contribution >= 0.6 is 7.60 Å². The van der Waals surface area contributed by atoms with Crippen LogP contribution in [0, 0.1) is 6.92 Å². The molecule has 0 aliphatic carbocycles. The predicted molar refractivity (Wildman–Crippen MR) is 117 cm³/mol. The van der Waals surface area contributed by atoms with Crippen LogP contribution in [0.5, 0.6) is 0 Å². The number of benzene rings is 1. The normalized spacial score (nSPS) is 19.9. The van der Waals surface area contributed by atoms with Crippen LogP contribution in [-0.4, -0.2) is 67.7 Å². The Kier molecular flexibility index (Phi) is 6.62. The van der Waals surface area contributed by atoms with Gasteiger partial charge in [-0.15, -0.1) is 0 Å². The van der Waals surface area contributed by atoms with Crippen molar-refractivity contribution in [3.8, 4) is 0 Å². The number of unbranched alkanes of at least 4 members (excludes halogenated alkanes) is 2. The second kappa shape index (κ2) is 8.85. The number of rotatable bonds is 8. The first kappa shape index (κ1) is 22.4. The Hall–Kier alpha value is -2.26. The van der Waals surface area contributed by atoms with Gasteiger partial charge < -0.3 is 29.6 Å². The maximum Gasteiger partial charge on any atom is 0.325 e. The van der Waals surface area contributed by atoms with Crippen LogP contribution in [0.1, 0.15) is 24.8 Å². The second-order valence-electron chi connectivity index (χ2n) is 7.63. The maximum atomic E-state index is 12.4. The first-order valence-electron chi connectivity index (χ1n) is 9.77. The summed E-state index contributed by atoms with van der Waals surface area (Å²) in [4.78, 5) is 34.2. The number of aliphatic imine (C=N–C) groups is 2. The van der Waals surface area contributed by atoms with Gasteiger partial charge in [0.05, 0.1) is 18.0 Å². The van der Waals surface area contributed by atoms with Crippen molar-refractivity contribution in [1.29, 1.82) is 0 Å². The number of amidine groups is 1. The molecular weight excluding hydrogens is 409 g/mol. The summed E-state index contributed by atoms with van der Waals surface area (Å²) in [6.07, 6.45) is 0.808. The predicted octanol–water partition coefficient (Wildman–Crippen LogP) is 1.76. The Morgan fingerprint density at radius 2 is 2.03 bits per heavy atom. The number of hydrogen-bond acceptors (Lipinski definition) is 8. The largest absolute Gasteiger partial charge is 0.377 e. The van der Waals surface area contributed by atoms with Gasteiger partial charge in [0.1, 0.15) is 0 Å². The van der Waals surface area contributed by atoms with Crippen molar-refractivity contribution in [1.82, 2.24) is 5.32 Å². The van der Waals surface area contributed by atoms with E-state index in [4.69, 9.17) is 4.52 Å². The molecule has 1 amide bonds. The lowest BCUT2D eigenvalue weighted by atomic mass is 10.1. The first-order valence-corrected chi connectivity index (χ1v) is 11.8. The van der Waals surface area contributed by atoms with E-state index in [-0.39, 0.29) is 12.3 Å². The lowest BCUT2D eigenvalue weighted by molar-refractivity contribution is -0.117. The van der Waals surface area contributed by atoms with Crippen LogP contribution in [0.3, 0.4) is 0 Å². The standard InChI is InChI=1S/C19H28N5O5P/c1-12-10-13-15(11-14(12)23(2)3)24(8-6-5-7-9-29-30(4,27)28)17-16(20-13)18(25)22-19(26)21-17/h10-11,19,26H,5-9H2,1-4H3,(H,22,25)(H,27,28). The fourth-order valence-corrected chi connectivity index (χ4v) is 3.96. The number of aliphatic hydroxyl groups is 1. The smallest absolute Gasteiger partial charge is 0.325 e. The highest BCUT2D eigenvalue weighted by atomic mass is 31.2. The zero-order valence-corrected chi connectivity index (χ0v) is 18.5. The summed E-state index contributed by atoms with van der Waals surface area (Å²) >= 11 is 0. The fourth-order valence-electron chi connectivity index (χ4n) is 3.50. The molecule has 1 aromatic carbocycles. The average molecular weight is 437 g/mol. The SMILES string of the molecule is Cc1cc2c(cc1N(C)C)N(CCCCCOP(C)(=O)O)C1=NC(O)NC(=O)C1=N2. The number of anilines is 2. The molecule has 2 aliphatic rings. The molecule has 164 valence electrons. The average Bonchev–Trinajstić information content (AvgIpc) is 2.62. The molecule has 2 aliphatic heterocycles. The summed E-state index contributed by atoms with van der Waals surface area (Å²) in [5, 5.41) is 12.3. The van der Waals surface area contributed by atoms with Crippen molar-refractivity contribution >= 4 is 42.1 Å². The Bertz CT molecular complexity index is 939. The zero-order valence-electron chi connectivity index (χ0n) is 17.6. The van der Waals surface area contributed by atoms with E-state index in [0.717, 1.165) is 29.8 Å². The quantitative estimate of drug-likeness (QED) is 0.418. The highest BCUT2D eigenvalue weighted by Gasteiger charge is 2.35. The van der Waals surface area contributed by atoms with Crippen molar-refractivity contribution in [2.24, 2.45) is 9.98 Å². The van der Waals surface area contributed by atoms with Gasteiger partial charge >= 0.3 is 7.60 Å². The monoisotopic (exact) mass is 437 g/mol. The topological polar surface area (TPSA) is 127 Å². The van der Waals surface area contributed by atoms with Crippen LogP contribution in [0.4, 0.5) is 17.1 Å². The van der Waals surface area contributed by atoms with Crippen molar-refractivity contribution in [2.45, 2.75) is 32.5 Å². The minimum Gasteiger partial charge on any atom is -0.377 e. The molecule has 0 bridgehead atoms. The number of aliphatic hydroxyl groups excluding tert-OH is 1. The van der Waals surface area contributed by atoms with Gasteiger partial charge in [-0.2, -0.15) is 0 Å². The van der Waals surface area contributed by atoms with Gasteiger partial charge in [0.25, 0.3) is 5.91 Å². The molecule has 3 rings (SSSR count). The molecule has 2 atom stereocenters. The number of nitrogens with one attached hydrogen (secondary N) is 1. The number of amides is 1. The molecule has 0 radical (unpaired) electrons. The van der Waals surface area contributed by atoms with Gasteiger partial charge in [-0.05, 0) is 43.9 Å². The third-order valence-electron chi connectivity index (χ3n) is 4.84. The highest BCUT2D eigenvalue weighted by Crippen LogP contribution is 2.39. The summed E-state index contributed by atoms with van der Waals surface area (Å²) in [6, 6.07) is 3.95. The fraction of sp³-hybridized carbons (Fsp3) is 0.526. The van der Waals surface area contributed by atoms with E-state index in [0.29, 0.717) is 24.5 Å². The number of nitrogens with zero attached hydrogens (tertiary/aromatic N) is 4.